The quantitative estimate of drug-likeness (QED) is 0.342. The highest BCUT2D eigenvalue weighted by molar-refractivity contribution is 7.58. The number of benzene rings is 3. The third-order valence-corrected chi connectivity index (χ3v) is 7.66. The van der Waals surface area contributed by atoms with E-state index in [1.807, 2.05) is 30.3 Å². The summed E-state index contributed by atoms with van der Waals surface area (Å²) < 4.78 is 18.7. The molecule has 0 heterocycles. The van der Waals surface area contributed by atoms with Crippen LogP contribution >= 0.6 is 7.37 Å². The SMILES string of the molecule is O=C(N[C@@H](Cc1ccccc1)P(=O)(O)CC(Cc1ccccc1)C(=O)O)OCc1ccccc1. The molecular formula is C26H28NO6P. The van der Waals surface area contributed by atoms with Crippen LogP contribution < -0.4 is 5.32 Å². The number of carbonyl (C=O) groups excluding carboxylic acids is 1. The van der Waals surface area contributed by atoms with E-state index in [0.717, 1.165) is 16.7 Å². The Morgan fingerprint density at radius 1 is 0.794 bits per heavy atom. The second kappa shape index (κ2) is 12.2. The smallest absolute Gasteiger partial charge is 0.408 e. The normalized spacial score (nSPS) is 14.4. The van der Waals surface area contributed by atoms with E-state index in [2.05, 4.69) is 5.32 Å². The van der Waals surface area contributed by atoms with Gasteiger partial charge in [-0.3, -0.25) is 9.36 Å². The van der Waals surface area contributed by atoms with Crippen molar-refractivity contribution in [3.63, 3.8) is 0 Å². The van der Waals surface area contributed by atoms with Crippen LogP contribution in [0.5, 0.6) is 0 Å². The second-order valence-corrected chi connectivity index (χ2v) is 10.6. The number of amides is 1. The zero-order valence-electron chi connectivity index (χ0n) is 18.6. The van der Waals surface area contributed by atoms with Crippen LogP contribution in [0.2, 0.25) is 0 Å². The lowest BCUT2D eigenvalue weighted by Crippen LogP contribution is -2.38. The molecule has 3 aromatic carbocycles. The summed E-state index contributed by atoms with van der Waals surface area (Å²) in [5, 5.41) is 12.2. The molecule has 178 valence electrons. The van der Waals surface area contributed by atoms with Gasteiger partial charge in [-0.15, -0.1) is 0 Å². The first kappa shape index (κ1) is 25.2. The molecule has 0 bridgehead atoms. The Hall–Kier alpha value is -3.41. The summed E-state index contributed by atoms with van der Waals surface area (Å²) >= 11 is 0. The van der Waals surface area contributed by atoms with Crippen LogP contribution in [0.4, 0.5) is 4.79 Å². The molecule has 7 nitrogen and oxygen atoms in total. The van der Waals surface area contributed by atoms with Crippen molar-refractivity contribution in [3.8, 4) is 0 Å². The summed E-state index contributed by atoms with van der Waals surface area (Å²) in [4.78, 5) is 35.4. The highest BCUT2D eigenvalue weighted by Crippen LogP contribution is 2.48. The maximum atomic E-state index is 13.5. The maximum Gasteiger partial charge on any atom is 0.408 e. The number of rotatable bonds is 11. The zero-order valence-corrected chi connectivity index (χ0v) is 19.5. The lowest BCUT2D eigenvalue weighted by atomic mass is 10.0. The van der Waals surface area contributed by atoms with E-state index in [1.54, 1.807) is 60.7 Å². The number of carboxylic acids is 1. The zero-order chi connectivity index (χ0) is 24.4. The minimum Gasteiger partial charge on any atom is -0.481 e. The fourth-order valence-corrected chi connectivity index (χ4v) is 5.58. The third kappa shape index (κ3) is 7.87. The molecule has 3 aromatic rings. The monoisotopic (exact) mass is 481 g/mol. The van der Waals surface area contributed by atoms with Gasteiger partial charge in [0, 0.05) is 12.6 Å². The minimum absolute atomic E-state index is 0.00617. The van der Waals surface area contributed by atoms with Crippen molar-refractivity contribution in [3.05, 3.63) is 108 Å². The van der Waals surface area contributed by atoms with Gasteiger partial charge in [-0.05, 0) is 23.1 Å². The van der Waals surface area contributed by atoms with Crippen molar-refractivity contribution in [1.82, 2.24) is 5.32 Å². The summed E-state index contributed by atoms with van der Waals surface area (Å²) in [5.74, 6) is -3.45. The fraction of sp³-hybridized carbons (Fsp3) is 0.231. The number of hydrogen-bond acceptors (Lipinski definition) is 4. The molecule has 3 N–H and O–H groups in total. The van der Waals surface area contributed by atoms with Gasteiger partial charge in [0.05, 0.1) is 5.92 Å². The average Bonchev–Trinajstić information content (AvgIpc) is 2.84. The summed E-state index contributed by atoms with van der Waals surface area (Å²) in [6.07, 6.45) is -1.15. The molecule has 3 rings (SSSR count). The van der Waals surface area contributed by atoms with Gasteiger partial charge in [0.15, 0.2) is 0 Å². The first-order chi connectivity index (χ1) is 16.3. The van der Waals surface area contributed by atoms with Gasteiger partial charge in [-0.2, -0.15) is 0 Å². The fourth-order valence-electron chi connectivity index (χ4n) is 3.60. The van der Waals surface area contributed by atoms with E-state index < -0.39 is 37.3 Å². The third-order valence-electron chi connectivity index (χ3n) is 5.41. The van der Waals surface area contributed by atoms with Crippen LogP contribution in [0, 0.1) is 5.92 Å². The predicted molar refractivity (Wildman–Crippen MR) is 130 cm³/mol. The average molecular weight is 481 g/mol. The van der Waals surface area contributed by atoms with E-state index in [1.165, 1.54) is 0 Å². The van der Waals surface area contributed by atoms with Crippen molar-refractivity contribution in [2.24, 2.45) is 5.92 Å². The van der Waals surface area contributed by atoms with Gasteiger partial charge in [0.2, 0.25) is 7.37 Å². The number of nitrogens with one attached hydrogen (secondary N) is 1. The lowest BCUT2D eigenvalue weighted by Gasteiger charge is -2.26. The van der Waals surface area contributed by atoms with Gasteiger partial charge in [0.1, 0.15) is 12.4 Å². The topological polar surface area (TPSA) is 113 Å². The molecule has 0 radical (unpaired) electrons. The Morgan fingerprint density at radius 2 is 1.26 bits per heavy atom. The molecule has 8 heteroatoms. The molecule has 0 spiro atoms. The number of carbonyl (C=O) groups is 2. The highest BCUT2D eigenvalue weighted by Gasteiger charge is 2.37. The summed E-state index contributed by atoms with van der Waals surface area (Å²) in [7, 11) is -4.16. The molecule has 0 fully saturated rings. The van der Waals surface area contributed by atoms with Gasteiger partial charge in [-0.25, -0.2) is 4.79 Å². The number of alkyl carbamates (subject to hydrolysis) is 1. The largest absolute Gasteiger partial charge is 0.481 e. The molecule has 0 aromatic heterocycles. The lowest BCUT2D eigenvalue weighted by molar-refractivity contribution is -0.141. The van der Waals surface area contributed by atoms with Gasteiger partial charge in [-0.1, -0.05) is 91.0 Å². The van der Waals surface area contributed by atoms with Crippen molar-refractivity contribution < 1.29 is 28.9 Å². The predicted octanol–water partition coefficient (Wildman–Crippen LogP) is 4.70. The van der Waals surface area contributed by atoms with Gasteiger partial charge in [0.25, 0.3) is 0 Å². The summed E-state index contributed by atoms with van der Waals surface area (Å²) in [5.41, 5.74) is 2.27. The molecule has 2 unspecified atom stereocenters. The van der Waals surface area contributed by atoms with Crippen LogP contribution in [-0.4, -0.2) is 34.0 Å². The standard InChI is InChI=1S/C26H28NO6P/c28-25(29)23(16-20-10-4-1-5-11-20)19-34(31,32)24(17-21-12-6-2-7-13-21)27-26(30)33-18-22-14-8-3-9-15-22/h1-15,23-24H,16-19H2,(H,27,30)(H,28,29)(H,31,32)/t23?,24-/m1/s1. The molecular weight excluding hydrogens is 453 g/mol. The van der Waals surface area contributed by atoms with Crippen LogP contribution in [0.15, 0.2) is 91.0 Å². The first-order valence-corrected chi connectivity index (χ1v) is 12.8. The summed E-state index contributed by atoms with van der Waals surface area (Å²) in [6, 6.07) is 27.0. The molecule has 0 saturated heterocycles. The molecule has 0 saturated carbocycles. The Bertz CT molecular complexity index is 1110. The molecule has 1 amide bonds. The Balaban J connectivity index is 1.74. The number of hydrogen-bond donors (Lipinski definition) is 3. The van der Waals surface area contributed by atoms with E-state index in [4.69, 9.17) is 4.74 Å². The first-order valence-electron chi connectivity index (χ1n) is 10.9. The van der Waals surface area contributed by atoms with Crippen LogP contribution in [0.3, 0.4) is 0 Å². The number of aliphatic carboxylic acids is 1. The molecule has 0 aliphatic carbocycles. The van der Waals surface area contributed by atoms with Crippen molar-refractivity contribution in [2.45, 2.75) is 25.2 Å². The molecule has 0 aliphatic heterocycles. The minimum atomic E-state index is -4.16. The van der Waals surface area contributed by atoms with Crippen LogP contribution in [0.1, 0.15) is 16.7 Å². The Kier molecular flexibility index (Phi) is 9.02. The van der Waals surface area contributed by atoms with Crippen molar-refractivity contribution >= 4 is 19.4 Å². The molecule has 34 heavy (non-hydrogen) atoms. The number of ether oxygens (including phenoxy) is 1. The van der Waals surface area contributed by atoms with E-state index in [0.29, 0.717) is 0 Å². The number of carboxylic acid groups (broad SMARTS) is 1. The van der Waals surface area contributed by atoms with Crippen molar-refractivity contribution in [2.75, 3.05) is 6.16 Å². The van der Waals surface area contributed by atoms with E-state index in [9.17, 15) is 24.2 Å². The van der Waals surface area contributed by atoms with E-state index >= 15 is 0 Å². The Morgan fingerprint density at radius 3 is 1.76 bits per heavy atom. The van der Waals surface area contributed by atoms with Gasteiger partial charge >= 0.3 is 12.1 Å². The Labute approximate surface area is 198 Å². The van der Waals surface area contributed by atoms with Crippen LogP contribution in [-0.2, 0) is 33.5 Å². The highest BCUT2D eigenvalue weighted by atomic mass is 31.2. The second-order valence-electron chi connectivity index (χ2n) is 8.07. The molecule has 0 aliphatic rings. The van der Waals surface area contributed by atoms with Crippen molar-refractivity contribution in [1.29, 1.82) is 0 Å². The van der Waals surface area contributed by atoms with Crippen LogP contribution in [0.25, 0.3) is 0 Å². The van der Waals surface area contributed by atoms with E-state index in [-0.39, 0.29) is 19.4 Å². The summed E-state index contributed by atoms with van der Waals surface area (Å²) in [6.45, 7) is 0.00617. The molecule has 3 atom stereocenters. The maximum absolute atomic E-state index is 13.5. The van der Waals surface area contributed by atoms with Gasteiger partial charge < -0.3 is 20.1 Å².